The van der Waals surface area contributed by atoms with E-state index in [4.69, 9.17) is 0 Å². The third kappa shape index (κ3) is 3.81. The van der Waals surface area contributed by atoms with E-state index in [-0.39, 0.29) is 11.2 Å². The van der Waals surface area contributed by atoms with Gasteiger partial charge in [0.2, 0.25) is 0 Å². The van der Waals surface area contributed by atoms with Crippen molar-refractivity contribution in [1.29, 1.82) is 0 Å². The van der Waals surface area contributed by atoms with Crippen LogP contribution in [-0.4, -0.2) is 45.7 Å². The van der Waals surface area contributed by atoms with Gasteiger partial charge in [0.05, 0.1) is 20.6 Å². The Morgan fingerprint density at radius 3 is 2.00 bits per heavy atom. The minimum Gasteiger partial charge on any atom is -0.316 e. The number of nitrogens with zero attached hydrogens (tertiary/aromatic N) is 1. The quantitative estimate of drug-likeness (QED) is 0.569. The lowest BCUT2D eigenvalue weighted by atomic mass is 10.5. The SMILES string of the molecule is CC[N+](C)(C)CNS(=O)(=O)C(F)(F)F. The number of sulfonamides is 1. The molecule has 4 nitrogen and oxygen atoms in total. The van der Waals surface area contributed by atoms with Crippen molar-refractivity contribution < 1.29 is 26.1 Å². The Kier molecular flexibility index (Phi) is 3.93. The van der Waals surface area contributed by atoms with Gasteiger partial charge >= 0.3 is 15.5 Å². The standard InChI is InChI=1S/C6H14F3N2O2S/c1-4-11(2,3)5-10-14(12,13)6(7,8)9/h10H,4-5H2,1-3H3/q+1. The van der Waals surface area contributed by atoms with Gasteiger partial charge in [0, 0.05) is 0 Å². The van der Waals surface area contributed by atoms with E-state index in [0.29, 0.717) is 6.54 Å². The van der Waals surface area contributed by atoms with Crippen molar-refractivity contribution in [3.05, 3.63) is 0 Å². The van der Waals surface area contributed by atoms with Crippen LogP contribution in [0.2, 0.25) is 0 Å². The van der Waals surface area contributed by atoms with Crippen LogP contribution in [0.3, 0.4) is 0 Å². The molecule has 0 aliphatic rings. The van der Waals surface area contributed by atoms with Crippen molar-refractivity contribution in [3.8, 4) is 0 Å². The summed E-state index contributed by atoms with van der Waals surface area (Å²) < 4.78 is 58.4. The number of alkyl halides is 3. The van der Waals surface area contributed by atoms with Crippen molar-refractivity contribution >= 4 is 10.0 Å². The predicted octanol–water partition coefficient (Wildman–Crippen LogP) is 0.479. The second-order valence-corrected chi connectivity index (χ2v) is 5.26. The fourth-order valence-corrected chi connectivity index (χ4v) is 1.14. The molecule has 0 aromatic rings. The second kappa shape index (κ2) is 4.03. The van der Waals surface area contributed by atoms with Crippen LogP contribution in [0.4, 0.5) is 13.2 Å². The number of quaternary nitrogens is 1. The van der Waals surface area contributed by atoms with E-state index in [1.165, 1.54) is 4.72 Å². The molecule has 0 amide bonds. The molecule has 0 spiro atoms. The van der Waals surface area contributed by atoms with Gasteiger partial charge in [-0.05, 0) is 6.92 Å². The van der Waals surface area contributed by atoms with Crippen molar-refractivity contribution in [2.45, 2.75) is 12.4 Å². The van der Waals surface area contributed by atoms with Crippen molar-refractivity contribution in [1.82, 2.24) is 4.72 Å². The molecule has 0 saturated carbocycles. The van der Waals surface area contributed by atoms with Crippen molar-refractivity contribution in [3.63, 3.8) is 0 Å². The summed E-state index contributed by atoms with van der Waals surface area (Å²) in [6.07, 6.45) is 0. The lowest BCUT2D eigenvalue weighted by Crippen LogP contribution is -2.50. The van der Waals surface area contributed by atoms with Gasteiger partial charge < -0.3 is 4.48 Å². The first-order valence-electron chi connectivity index (χ1n) is 3.90. The summed E-state index contributed by atoms with van der Waals surface area (Å²) in [4.78, 5) is 0. The molecule has 0 aliphatic carbocycles. The van der Waals surface area contributed by atoms with E-state index in [9.17, 15) is 21.6 Å². The topological polar surface area (TPSA) is 46.2 Å². The number of hydrogen-bond acceptors (Lipinski definition) is 2. The monoisotopic (exact) mass is 235 g/mol. The van der Waals surface area contributed by atoms with Gasteiger partial charge in [-0.3, -0.25) is 0 Å². The average molecular weight is 235 g/mol. The first kappa shape index (κ1) is 13.7. The van der Waals surface area contributed by atoms with Crippen molar-refractivity contribution in [2.24, 2.45) is 0 Å². The molecule has 0 saturated heterocycles. The average Bonchev–Trinajstić information content (AvgIpc) is 1.99. The van der Waals surface area contributed by atoms with E-state index in [2.05, 4.69) is 0 Å². The highest BCUT2D eigenvalue weighted by atomic mass is 32.2. The largest absolute Gasteiger partial charge is 0.511 e. The van der Waals surface area contributed by atoms with Crippen LogP contribution in [0.15, 0.2) is 0 Å². The maximum Gasteiger partial charge on any atom is 0.511 e. The summed E-state index contributed by atoms with van der Waals surface area (Å²) >= 11 is 0. The van der Waals surface area contributed by atoms with Gasteiger partial charge in [-0.2, -0.15) is 17.9 Å². The van der Waals surface area contributed by atoms with Gasteiger partial charge in [-0.25, -0.2) is 8.42 Å². The van der Waals surface area contributed by atoms with Gasteiger partial charge in [0.25, 0.3) is 0 Å². The Hall–Kier alpha value is -0.340. The van der Waals surface area contributed by atoms with Gasteiger partial charge in [-0.1, -0.05) is 0 Å². The van der Waals surface area contributed by atoms with Gasteiger partial charge in [-0.15, -0.1) is 0 Å². The third-order valence-electron chi connectivity index (χ3n) is 1.84. The summed E-state index contributed by atoms with van der Waals surface area (Å²) in [5.74, 6) is 0. The summed E-state index contributed by atoms with van der Waals surface area (Å²) in [7, 11) is -1.96. The smallest absolute Gasteiger partial charge is 0.316 e. The van der Waals surface area contributed by atoms with Crippen LogP contribution in [0.1, 0.15) is 6.92 Å². The number of nitrogens with one attached hydrogen (secondary N) is 1. The second-order valence-electron chi connectivity index (χ2n) is 3.50. The predicted molar refractivity (Wildman–Crippen MR) is 45.6 cm³/mol. The van der Waals surface area contributed by atoms with E-state index in [1.807, 2.05) is 0 Å². The van der Waals surface area contributed by atoms with E-state index in [1.54, 1.807) is 21.0 Å². The van der Waals surface area contributed by atoms with Crippen LogP contribution in [0.5, 0.6) is 0 Å². The van der Waals surface area contributed by atoms with Crippen LogP contribution in [0, 0.1) is 0 Å². The van der Waals surface area contributed by atoms with E-state index in [0.717, 1.165) is 0 Å². The van der Waals surface area contributed by atoms with Crippen LogP contribution in [0.25, 0.3) is 0 Å². The molecule has 0 radical (unpaired) electrons. The molecule has 0 atom stereocenters. The van der Waals surface area contributed by atoms with E-state index >= 15 is 0 Å². The molecule has 0 aromatic heterocycles. The molecule has 1 N–H and O–H groups in total. The number of halogens is 3. The summed E-state index contributed by atoms with van der Waals surface area (Å²) in [5.41, 5.74) is -5.24. The summed E-state index contributed by atoms with van der Waals surface area (Å²) in [6, 6.07) is 0. The highest BCUT2D eigenvalue weighted by molar-refractivity contribution is 7.90. The zero-order chi connectivity index (χ0) is 11.6. The third-order valence-corrected chi connectivity index (χ3v) is 2.96. The van der Waals surface area contributed by atoms with Gasteiger partial charge in [0.1, 0.15) is 6.67 Å². The molecule has 86 valence electrons. The Labute approximate surface area is 81.3 Å². The van der Waals surface area contributed by atoms with Crippen LogP contribution >= 0.6 is 0 Å². The molecular formula is C6H14F3N2O2S+. The zero-order valence-corrected chi connectivity index (χ0v) is 9.04. The molecule has 14 heavy (non-hydrogen) atoms. The number of hydrogen-bond donors (Lipinski definition) is 1. The fourth-order valence-electron chi connectivity index (χ4n) is 0.453. The van der Waals surface area contributed by atoms with Crippen molar-refractivity contribution in [2.75, 3.05) is 27.3 Å². The summed E-state index contributed by atoms with van der Waals surface area (Å²) in [6.45, 7) is 2.00. The first-order valence-corrected chi connectivity index (χ1v) is 5.38. The molecular weight excluding hydrogens is 221 g/mol. The van der Waals surface area contributed by atoms with E-state index < -0.39 is 15.5 Å². The zero-order valence-electron chi connectivity index (χ0n) is 8.22. The Balaban J connectivity index is 4.43. The maximum atomic E-state index is 11.9. The molecule has 0 unspecified atom stereocenters. The Bertz CT molecular complexity index is 284. The molecule has 0 fully saturated rings. The lowest BCUT2D eigenvalue weighted by molar-refractivity contribution is -0.889. The minimum absolute atomic E-state index is 0.148. The Morgan fingerprint density at radius 1 is 1.29 bits per heavy atom. The number of rotatable bonds is 4. The summed E-state index contributed by atoms with van der Waals surface area (Å²) in [5, 5.41) is 0. The highest BCUT2D eigenvalue weighted by Crippen LogP contribution is 2.21. The molecule has 0 bridgehead atoms. The normalized spacial score (nSPS) is 14.4. The first-order chi connectivity index (χ1) is 6.02. The molecule has 0 heterocycles. The maximum absolute atomic E-state index is 11.9. The lowest BCUT2D eigenvalue weighted by Gasteiger charge is -2.28. The minimum atomic E-state index is -5.24. The Morgan fingerprint density at radius 2 is 1.71 bits per heavy atom. The van der Waals surface area contributed by atoms with Crippen LogP contribution < -0.4 is 4.72 Å². The molecule has 0 aliphatic heterocycles. The highest BCUT2D eigenvalue weighted by Gasteiger charge is 2.46. The fraction of sp³-hybridized carbons (Fsp3) is 1.00. The van der Waals surface area contributed by atoms with Gasteiger partial charge in [0.15, 0.2) is 0 Å². The molecule has 0 rings (SSSR count). The molecule has 0 aromatic carbocycles. The van der Waals surface area contributed by atoms with Crippen LogP contribution in [-0.2, 0) is 10.0 Å². The molecule has 8 heteroatoms.